The summed E-state index contributed by atoms with van der Waals surface area (Å²) in [7, 11) is -3.65. The Kier molecular flexibility index (Phi) is 7.46. The zero-order chi connectivity index (χ0) is 23.3. The van der Waals surface area contributed by atoms with Gasteiger partial charge in [0.2, 0.25) is 15.9 Å². The standard InChI is InChI=1S/C23H29FN4O4S/c24-19-5-3-18(4-6-19)16-26-23(29)17-25-21-15-20(7-8-22(21)27-9-1-2-10-27)33(30,31)28-11-13-32-14-12-28/h3-8,15,25H,1-2,9-14,16-17H2,(H,26,29). The second kappa shape index (κ2) is 10.5. The van der Waals surface area contributed by atoms with E-state index in [0.29, 0.717) is 32.0 Å². The Morgan fingerprint density at radius 2 is 1.70 bits per heavy atom. The van der Waals surface area contributed by atoms with Gasteiger partial charge in [-0.3, -0.25) is 4.79 Å². The van der Waals surface area contributed by atoms with Crippen LogP contribution in [0.4, 0.5) is 15.8 Å². The number of carbonyl (C=O) groups is 1. The molecule has 2 N–H and O–H groups in total. The molecule has 2 heterocycles. The van der Waals surface area contributed by atoms with Crippen molar-refractivity contribution in [3.05, 3.63) is 53.8 Å². The highest BCUT2D eigenvalue weighted by molar-refractivity contribution is 7.89. The van der Waals surface area contributed by atoms with E-state index in [2.05, 4.69) is 15.5 Å². The summed E-state index contributed by atoms with van der Waals surface area (Å²) in [6, 6.07) is 11.0. The van der Waals surface area contributed by atoms with Gasteiger partial charge < -0.3 is 20.3 Å². The van der Waals surface area contributed by atoms with Crippen molar-refractivity contribution in [1.29, 1.82) is 0 Å². The molecule has 10 heteroatoms. The van der Waals surface area contributed by atoms with Gasteiger partial charge in [-0.2, -0.15) is 4.31 Å². The molecule has 0 bridgehead atoms. The maximum Gasteiger partial charge on any atom is 0.243 e. The van der Waals surface area contributed by atoms with Crippen LogP contribution < -0.4 is 15.5 Å². The van der Waals surface area contributed by atoms with Crippen LogP contribution in [0.1, 0.15) is 18.4 Å². The zero-order valence-corrected chi connectivity index (χ0v) is 19.2. The SMILES string of the molecule is O=C(CNc1cc(S(=O)(=O)N2CCOCC2)ccc1N1CCCC1)NCc1ccc(F)cc1. The molecule has 2 fully saturated rings. The van der Waals surface area contributed by atoms with Gasteiger partial charge in [-0.25, -0.2) is 12.8 Å². The first kappa shape index (κ1) is 23.5. The number of sulfonamides is 1. The van der Waals surface area contributed by atoms with Crippen LogP contribution in [-0.4, -0.2) is 64.6 Å². The van der Waals surface area contributed by atoms with Crippen molar-refractivity contribution in [2.45, 2.75) is 24.3 Å². The number of hydrogen-bond donors (Lipinski definition) is 2. The predicted octanol–water partition coefficient (Wildman–Crippen LogP) is 2.18. The van der Waals surface area contributed by atoms with Gasteiger partial charge in [0.1, 0.15) is 5.82 Å². The molecule has 0 saturated carbocycles. The fraction of sp³-hybridized carbons (Fsp3) is 0.435. The molecule has 178 valence electrons. The van der Waals surface area contributed by atoms with Crippen molar-refractivity contribution < 1.29 is 22.3 Å². The number of morpholine rings is 1. The van der Waals surface area contributed by atoms with Gasteiger partial charge in [0.15, 0.2) is 0 Å². The molecule has 2 aliphatic heterocycles. The summed E-state index contributed by atoms with van der Waals surface area (Å²) in [5.41, 5.74) is 2.30. The van der Waals surface area contributed by atoms with E-state index in [-0.39, 0.29) is 29.7 Å². The molecule has 0 spiro atoms. The Morgan fingerprint density at radius 1 is 1.00 bits per heavy atom. The lowest BCUT2D eigenvalue weighted by atomic mass is 10.2. The van der Waals surface area contributed by atoms with E-state index in [1.54, 1.807) is 24.3 Å². The van der Waals surface area contributed by atoms with Crippen LogP contribution in [-0.2, 0) is 26.1 Å². The quantitative estimate of drug-likeness (QED) is 0.607. The number of amides is 1. The molecule has 1 amide bonds. The number of ether oxygens (including phenoxy) is 1. The van der Waals surface area contributed by atoms with Crippen molar-refractivity contribution in [1.82, 2.24) is 9.62 Å². The predicted molar refractivity (Wildman–Crippen MR) is 124 cm³/mol. The molecule has 0 aliphatic carbocycles. The van der Waals surface area contributed by atoms with Crippen LogP contribution in [0.2, 0.25) is 0 Å². The molecule has 2 saturated heterocycles. The van der Waals surface area contributed by atoms with Crippen LogP contribution in [0.5, 0.6) is 0 Å². The average molecular weight is 477 g/mol. The largest absolute Gasteiger partial charge is 0.379 e. The highest BCUT2D eigenvalue weighted by Crippen LogP contribution is 2.32. The first-order valence-electron chi connectivity index (χ1n) is 11.2. The highest BCUT2D eigenvalue weighted by atomic mass is 32.2. The Morgan fingerprint density at radius 3 is 2.39 bits per heavy atom. The van der Waals surface area contributed by atoms with Crippen molar-refractivity contribution >= 4 is 27.3 Å². The van der Waals surface area contributed by atoms with E-state index >= 15 is 0 Å². The summed E-state index contributed by atoms with van der Waals surface area (Å²) in [6.07, 6.45) is 2.15. The van der Waals surface area contributed by atoms with Gasteiger partial charge in [0.25, 0.3) is 0 Å². The molecule has 4 rings (SSSR count). The lowest BCUT2D eigenvalue weighted by Gasteiger charge is -2.27. The number of halogens is 1. The molecule has 2 aromatic rings. The Labute approximate surface area is 193 Å². The summed E-state index contributed by atoms with van der Waals surface area (Å²) in [6.45, 7) is 3.46. The third-order valence-electron chi connectivity index (χ3n) is 5.86. The van der Waals surface area contributed by atoms with Gasteiger partial charge in [-0.1, -0.05) is 12.1 Å². The summed E-state index contributed by atoms with van der Waals surface area (Å²) < 4.78 is 46.0. The van der Waals surface area contributed by atoms with Crippen molar-refractivity contribution in [3.8, 4) is 0 Å². The molecule has 33 heavy (non-hydrogen) atoms. The maximum atomic E-state index is 13.1. The van der Waals surface area contributed by atoms with Crippen LogP contribution in [0.3, 0.4) is 0 Å². The Bertz CT molecular complexity index is 1070. The molecule has 8 nitrogen and oxygen atoms in total. The second-order valence-corrected chi connectivity index (χ2v) is 10.1. The van der Waals surface area contributed by atoms with Gasteiger partial charge in [0.05, 0.1) is 36.0 Å². The van der Waals surface area contributed by atoms with Crippen molar-refractivity contribution in [2.24, 2.45) is 0 Å². The monoisotopic (exact) mass is 476 g/mol. The normalized spacial score (nSPS) is 17.2. The van der Waals surface area contributed by atoms with E-state index in [9.17, 15) is 17.6 Å². The number of rotatable bonds is 8. The number of hydrogen-bond acceptors (Lipinski definition) is 6. The first-order chi connectivity index (χ1) is 15.9. The fourth-order valence-corrected chi connectivity index (χ4v) is 5.46. The van der Waals surface area contributed by atoms with Crippen molar-refractivity contribution in [3.63, 3.8) is 0 Å². The smallest absolute Gasteiger partial charge is 0.243 e. The number of benzene rings is 2. The minimum Gasteiger partial charge on any atom is -0.379 e. The lowest BCUT2D eigenvalue weighted by Crippen LogP contribution is -2.40. The lowest BCUT2D eigenvalue weighted by molar-refractivity contribution is -0.119. The number of anilines is 2. The molecular formula is C23H29FN4O4S. The third kappa shape index (κ3) is 5.82. The zero-order valence-electron chi connectivity index (χ0n) is 18.4. The molecule has 2 aliphatic rings. The van der Waals surface area contributed by atoms with Gasteiger partial charge in [0, 0.05) is 32.7 Å². The Balaban J connectivity index is 1.47. The van der Waals surface area contributed by atoms with Gasteiger partial charge in [-0.05, 0) is 48.7 Å². The number of nitrogens with one attached hydrogen (secondary N) is 2. The van der Waals surface area contributed by atoms with Gasteiger partial charge >= 0.3 is 0 Å². The van der Waals surface area contributed by atoms with Crippen LogP contribution in [0, 0.1) is 5.82 Å². The average Bonchev–Trinajstić information content (AvgIpc) is 3.37. The fourth-order valence-electron chi connectivity index (χ4n) is 4.03. The van der Waals surface area contributed by atoms with E-state index in [4.69, 9.17) is 4.74 Å². The van der Waals surface area contributed by atoms with E-state index in [1.807, 2.05) is 6.07 Å². The van der Waals surface area contributed by atoms with Crippen LogP contribution in [0.25, 0.3) is 0 Å². The summed E-state index contributed by atoms with van der Waals surface area (Å²) in [5, 5.41) is 5.93. The van der Waals surface area contributed by atoms with E-state index in [1.165, 1.54) is 16.4 Å². The summed E-state index contributed by atoms with van der Waals surface area (Å²) >= 11 is 0. The summed E-state index contributed by atoms with van der Waals surface area (Å²) in [5.74, 6) is -0.568. The highest BCUT2D eigenvalue weighted by Gasteiger charge is 2.28. The molecule has 0 aromatic heterocycles. The van der Waals surface area contributed by atoms with Crippen molar-refractivity contribution in [2.75, 3.05) is 56.2 Å². The molecule has 2 aromatic carbocycles. The first-order valence-corrected chi connectivity index (χ1v) is 12.6. The third-order valence-corrected chi connectivity index (χ3v) is 7.76. The number of carbonyl (C=O) groups excluding carboxylic acids is 1. The molecular weight excluding hydrogens is 447 g/mol. The summed E-state index contributed by atoms with van der Waals surface area (Å²) in [4.78, 5) is 14.8. The second-order valence-electron chi connectivity index (χ2n) is 8.15. The molecule has 0 radical (unpaired) electrons. The molecule has 0 unspecified atom stereocenters. The topological polar surface area (TPSA) is 91.0 Å². The van der Waals surface area contributed by atoms with Crippen LogP contribution >= 0.6 is 0 Å². The molecule has 0 atom stereocenters. The minimum atomic E-state index is -3.65. The maximum absolute atomic E-state index is 13.1. The van der Waals surface area contributed by atoms with Crippen LogP contribution in [0.15, 0.2) is 47.4 Å². The van der Waals surface area contributed by atoms with Gasteiger partial charge in [-0.15, -0.1) is 0 Å². The van der Waals surface area contributed by atoms with E-state index in [0.717, 1.165) is 37.2 Å². The number of nitrogens with zero attached hydrogens (tertiary/aromatic N) is 2. The van der Waals surface area contributed by atoms with E-state index < -0.39 is 10.0 Å². The Hall–Kier alpha value is -2.69. The minimum absolute atomic E-state index is 0.0108.